The normalized spacial score (nSPS) is 12.0. The van der Waals surface area contributed by atoms with Crippen LogP contribution in [0.4, 0.5) is 5.69 Å². The maximum Gasteiger partial charge on any atom is 0.188 e. The van der Waals surface area contributed by atoms with E-state index < -0.39 is 10.8 Å². The van der Waals surface area contributed by atoms with E-state index in [1.807, 2.05) is 12.1 Å². The Hall–Kier alpha value is -17.3. The number of benzene rings is 20. The number of rotatable bonds is 14. The van der Waals surface area contributed by atoms with E-state index in [1.54, 1.807) is 0 Å². The van der Waals surface area contributed by atoms with Crippen LogP contribution in [0.2, 0.25) is 0 Å². The summed E-state index contributed by atoms with van der Waals surface area (Å²) in [6.45, 7) is 7.68. The Labute approximate surface area is 751 Å². The van der Waals surface area contributed by atoms with Gasteiger partial charge in [0.05, 0.1) is 83.6 Å². The fraction of sp³-hybridized carbons (Fsp3) is 0.0163. The molecule has 0 saturated carbocycles. The first kappa shape index (κ1) is 75.2. The number of nitrogens with zero attached hydrogens (tertiary/aromatic N) is 7. The number of fused-ring (bicyclic) bond motifs is 18. The second kappa shape index (κ2) is 30.5. The van der Waals surface area contributed by atoms with E-state index >= 15 is 0 Å². The van der Waals surface area contributed by atoms with Crippen LogP contribution in [0.5, 0.6) is 0 Å². The molecular weight excluding hydrogens is 1580 g/mol. The van der Waals surface area contributed by atoms with Crippen LogP contribution < -0.4 is 0 Å². The second-order valence-corrected chi connectivity index (χ2v) is 34.0. The zero-order chi connectivity index (χ0) is 86.0. The molecule has 7 nitrogen and oxygen atoms in total. The fourth-order valence-corrected chi connectivity index (χ4v) is 21.9. The monoisotopic (exact) mass is 1660 g/mol. The Morgan fingerprint density at radius 2 is 0.300 bits per heavy atom. The van der Waals surface area contributed by atoms with Gasteiger partial charge in [0.2, 0.25) is 0 Å². The summed E-state index contributed by atoms with van der Waals surface area (Å²) in [6.07, 6.45) is 0. The highest BCUT2D eigenvalue weighted by molar-refractivity contribution is 6.17. The molecule has 0 aliphatic rings. The molecule has 0 atom stereocenters. The van der Waals surface area contributed by atoms with E-state index in [9.17, 15) is 0 Å². The van der Waals surface area contributed by atoms with Crippen molar-refractivity contribution in [1.29, 1.82) is 0 Å². The average Bonchev–Trinajstić information content (AvgIpc) is 1.19. The molecule has 7 heteroatoms. The molecule has 0 fully saturated rings. The summed E-state index contributed by atoms with van der Waals surface area (Å²) in [5.74, 6) is 0. The van der Waals surface area contributed by atoms with Gasteiger partial charge in [-0.3, -0.25) is 0 Å². The van der Waals surface area contributed by atoms with Crippen molar-refractivity contribution in [3.8, 4) is 34.1 Å². The standard InChI is InChI=1S/C62H40N4.C61H41N3/c1-63-46-31-36-59-53(39-46)50-23-11-15-27-57(50)65(59)48-35-38-61-55(41-48)52-25-13-16-28-58(52)66(61)49-34-37-60-54(40-49)51-24-12-14-26-56(51)64(60)47-32-29-45(30-33-47)62(42-17-5-2-6-18-42,43-19-7-3-8-20-43)44-21-9-4-10-22-44;1-4-18-42(19-5-1)61(43-20-6-2-7-21-43,44-22-8-3-9-23-44)45-32-34-46(35-33-45)62-57-30-16-12-26-51(57)53-41-48(36-38-59(53)62)64-58-31-17-13-27-52(58)54-40-47(37-39-60(54)64)63-55-28-14-10-24-49(55)50-25-11-15-29-56(50)63/h2-41H;1-41H. The molecular formula is C123H81N7. The van der Waals surface area contributed by atoms with Gasteiger partial charge in [-0.15, -0.1) is 0 Å². The average molecular weight is 1660 g/mol. The van der Waals surface area contributed by atoms with Crippen molar-refractivity contribution in [2.24, 2.45) is 0 Å². The lowest BCUT2D eigenvalue weighted by molar-refractivity contribution is 0.745. The lowest BCUT2D eigenvalue weighted by atomic mass is 9.65. The fourth-order valence-electron chi connectivity index (χ4n) is 21.9. The molecule has 0 bridgehead atoms. The summed E-state index contributed by atoms with van der Waals surface area (Å²) in [5, 5.41) is 14.5. The van der Waals surface area contributed by atoms with E-state index in [1.165, 1.54) is 137 Å². The lowest BCUT2D eigenvalue weighted by Crippen LogP contribution is -2.30. The van der Waals surface area contributed by atoms with Crippen LogP contribution in [0.3, 0.4) is 0 Å². The minimum absolute atomic E-state index is 0.509. The maximum absolute atomic E-state index is 7.68. The van der Waals surface area contributed by atoms with Crippen LogP contribution in [0.1, 0.15) is 44.5 Å². The van der Waals surface area contributed by atoms with Crippen molar-refractivity contribution >= 4 is 137 Å². The van der Waals surface area contributed by atoms with Crippen LogP contribution in [-0.2, 0) is 10.8 Å². The highest BCUT2D eigenvalue weighted by atomic mass is 15.0. The molecule has 0 unspecified atom stereocenters. The lowest BCUT2D eigenvalue weighted by Gasteiger charge is -2.37. The van der Waals surface area contributed by atoms with E-state index in [0.29, 0.717) is 5.69 Å². The predicted octanol–water partition coefficient (Wildman–Crippen LogP) is 31.3. The first-order valence-corrected chi connectivity index (χ1v) is 44.6. The van der Waals surface area contributed by atoms with Crippen LogP contribution in [-0.4, -0.2) is 27.4 Å². The molecule has 6 heterocycles. The van der Waals surface area contributed by atoms with Crippen LogP contribution in [0.15, 0.2) is 491 Å². The van der Waals surface area contributed by atoms with Crippen LogP contribution in [0.25, 0.3) is 170 Å². The third-order valence-corrected chi connectivity index (χ3v) is 27.4. The van der Waals surface area contributed by atoms with Gasteiger partial charge < -0.3 is 27.4 Å². The molecule has 0 saturated heterocycles. The van der Waals surface area contributed by atoms with E-state index in [2.05, 4.69) is 511 Å². The van der Waals surface area contributed by atoms with E-state index in [0.717, 1.165) is 72.5 Å². The Balaban J connectivity index is 0.000000140. The highest BCUT2D eigenvalue weighted by Crippen LogP contribution is 2.50. The van der Waals surface area contributed by atoms with Crippen molar-refractivity contribution in [1.82, 2.24) is 27.4 Å². The first-order chi connectivity index (χ1) is 64.5. The number of hydrogen-bond acceptors (Lipinski definition) is 0. The Kier molecular flexibility index (Phi) is 17.7. The molecule has 608 valence electrons. The van der Waals surface area contributed by atoms with Gasteiger partial charge in [0.25, 0.3) is 0 Å². The molecule has 0 spiro atoms. The van der Waals surface area contributed by atoms with E-state index in [-0.39, 0.29) is 0 Å². The summed E-state index contributed by atoms with van der Waals surface area (Å²) >= 11 is 0. The number of hydrogen-bond donors (Lipinski definition) is 0. The van der Waals surface area contributed by atoms with Gasteiger partial charge >= 0.3 is 0 Å². The Bertz CT molecular complexity index is 8710. The summed E-state index contributed by atoms with van der Waals surface area (Å²) in [5.41, 5.74) is 30.2. The van der Waals surface area contributed by atoms with Crippen molar-refractivity contribution < 1.29 is 0 Å². The van der Waals surface area contributed by atoms with Gasteiger partial charge in [0.1, 0.15) is 0 Å². The Morgan fingerprint density at radius 1 is 0.138 bits per heavy atom. The van der Waals surface area contributed by atoms with Crippen LogP contribution >= 0.6 is 0 Å². The summed E-state index contributed by atoms with van der Waals surface area (Å²) in [6, 6.07) is 179. The largest absolute Gasteiger partial charge is 0.309 e. The first-order valence-electron chi connectivity index (χ1n) is 44.6. The molecule has 20 aromatic carbocycles. The maximum atomic E-state index is 7.68. The molecule has 0 radical (unpaired) electrons. The Morgan fingerprint density at radius 3 is 0.523 bits per heavy atom. The van der Waals surface area contributed by atoms with Crippen LogP contribution in [0, 0.1) is 6.57 Å². The predicted molar refractivity (Wildman–Crippen MR) is 542 cm³/mol. The molecule has 130 heavy (non-hydrogen) atoms. The molecule has 6 aromatic heterocycles. The molecule has 0 aliphatic heterocycles. The van der Waals surface area contributed by atoms with Gasteiger partial charge in [0.15, 0.2) is 5.69 Å². The second-order valence-electron chi connectivity index (χ2n) is 34.0. The highest BCUT2D eigenvalue weighted by Gasteiger charge is 2.40. The van der Waals surface area contributed by atoms with E-state index in [4.69, 9.17) is 6.57 Å². The molecule has 26 rings (SSSR count). The quantitative estimate of drug-likeness (QED) is 0.0768. The SMILES string of the molecule is [C-]#[N+]c1ccc2c(c1)c1ccccc1n2-c1ccc2c(c1)c1ccccc1n2-c1ccc2c(c1)c1ccccc1n2-c1ccc(C(c2ccccc2)(c2ccccc2)c2ccccc2)cc1.c1ccc(C(c2ccccc2)(c2ccccc2)c2ccc(-n3c4ccccc4c4cc(-n5c6ccccc6c6cc(-n7c8ccccc8c8ccccc87)ccc65)ccc43)cc2)cc1. The third kappa shape index (κ3) is 11.6. The van der Waals surface area contributed by atoms with Gasteiger partial charge in [-0.25, -0.2) is 4.85 Å². The van der Waals surface area contributed by atoms with Crippen molar-refractivity contribution in [2.45, 2.75) is 10.8 Å². The molecule has 0 amide bonds. The van der Waals surface area contributed by atoms with Crippen molar-refractivity contribution in [3.05, 3.63) is 547 Å². The number of aromatic nitrogens is 6. The molecule has 0 aliphatic carbocycles. The summed E-state index contributed by atoms with van der Waals surface area (Å²) < 4.78 is 14.4. The smallest absolute Gasteiger partial charge is 0.188 e. The van der Waals surface area contributed by atoms with Gasteiger partial charge in [-0.1, -0.05) is 340 Å². The van der Waals surface area contributed by atoms with Gasteiger partial charge in [-0.2, -0.15) is 0 Å². The van der Waals surface area contributed by atoms with Gasteiger partial charge in [0, 0.05) is 93.4 Å². The van der Waals surface area contributed by atoms with Gasteiger partial charge in [-0.05, 0) is 202 Å². The topological polar surface area (TPSA) is 33.9 Å². The minimum atomic E-state index is -0.520. The zero-order valence-electron chi connectivity index (χ0n) is 70.9. The van der Waals surface area contributed by atoms with Crippen molar-refractivity contribution in [2.75, 3.05) is 0 Å². The number of para-hydroxylation sites is 7. The zero-order valence-corrected chi connectivity index (χ0v) is 70.9. The third-order valence-electron chi connectivity index (χ3n) is 27.4. The molecule has 0 N–H and O–H groups in total. The molecule has 26 aromatic rings. The summed E-state index contributed by atoms with van der Waals surface area (Å²) in [7, 11) is 0. The minimum Gasteiger partial charge on any atom is -0.309 e. The van der Waals surface area contributed by atoms with Crippen molar-refractivity contribution in [3.63, 3.8) is 0 Å². The summed E-state index contributed by atoms with van der Waals surface area (Å²) in [4.78, 5) is 3.74.